The molecule has 0 bridgehead atoms. The first-order valence-corrected chi connectivity index (χ1v) is 5.06. The standard InChI is InChI=1S/C13H15NO2/c1-3-7-11-8-5-6-9-12(11)16-13(15)14-10-4-2/h3-6,8-10H,1,7H2,2H3,(H,14,15). The van der Waals surface area contributed by atoms with E-state index in [2.05, 4.69) is 11.9 Å². The molecule has 1 aromatic carbocycles. The zero-order valence-corrected chi connectivity index (χ0v) is 9.27. The van der Waals surface area contributed by atoms with Crippen molar-refractivity contribution in [2.24, 2.45) is 0 Å². The molecule has 1 aromatic rings. The van der Waals surface area contributed by atoms with Crippen molar-refractivity contribution in [1.29, 1.82) is 0 Å². The van der Waals surface area contributed by atoms with Crippen LogP contribution in [0.3, 0.4) is 0 Å². The third-order valence-electron chi connectivity index (χ3n) is 1.91. The van der Waals surface area contributed by atoms with E-state index in [1.54, 1.807) is 18.2 Å². The lowest BCUT2D eigenvalue weighted by Crippen LogP contribution is -2.21. The van der Waals surface area contributed by atoms with Gasteiger partial charge in [0.2, 0.25) is 0 Å². The van der Waals surface area contributed by atoms with Crippen LogP contribution in [0.15, 0.2) is 49.2 Å². The molecule has 0 unspecified atom stereocenters. The van der Waals surface area contributed by atoms with E-state index >= 15 is 0 Å². The lowest BCUT2D eigenvalue weighted by Gasteiger charge is -2.07. The number of carbonyl (C=O) groups is 1. The summed E-state index contributed by atoms with van der Waals surface area (Å²) in [6.45, 7) is 5.47. The molecular formula is C13H15NO2. The molecule has 1 rings (SSSR count). The van der Waals surface area contributed by atoms with Crippen LogP contribution in [0.25, 0.3) is 0 Å². The Balaban J connectivity index is 2.71. The van der Waals surface area contributed by atoms with Crippen molar-refractivity contribution in [2.45, 2.75) is 13.3 Å². The first-order chi connectivity index (χ1) is 7.77. The van der Waals surface area contributed by atoms with E-state index in [1.165, 1.54) is 6.20 Å². The smallest absolute Gasteiger partial charge is 0.410 e. The molecule has 0 saturated heterocycles. The number of allylic oxidation sites excluding steroid dienone is 2. The molecule has 0 aromatic heterocycles. The molecular weight excluding hydrogens is 202 g/mol. The number of ether oxygens (including phenoxy) is 1. The van der Waals surface area contributed by atoms with E-state index in [-0.39, 0.29) is 0 Å². The van der Waals surface area contributed by atoms with E-state index in [9.17, 15) is 4.79 Å². The van der Waals surface area contributed by atoms with Crippen LogP contribution in [0.1, 0.15) is 12.5 Å². The minimum atomic E-state index is -0.491. The van der Waals surface area contributed by atoms with Crippen molar-refractivity contribution < 1.29 is 9.53 Å². The number of benzene rings is 1. The van der Waals surface area contributed by atoms with Gasteiger partial charge in [-0.1, -0.05) is 30.4 Å². The Morgan fingerprint density at radius 3 is 2.94 bits per heavy atom. The summed E-state index contributed by atoms with van der Waals surface area (Å²) in [5.41, 5.74) is 0.938. The fraction of sp³-hybridized carbons (Fsp3) is 0.154. The maximum Gasteiger partial charge on any atom is 0.416 e. The Morgan fingerprint density at radius 2 is 2.25 bits per heavy atom. The van der Waals surface area contributed by atoms with Crippen molar-refractivity contribution in [1.82, 2.24) is 5.32 Å². The molecule has 0 aliphatic carbocycles. The average molecular weight is 217 g/mol. The number of carbonyl (C=O) groups excluding carboxylic acids is 1. The maximum absolute atomic E-state index is 11.3. The molecule has 0 fully saturated rings. The number of hydrogen-bond acceptors (Lipinski definition) is 2. The second-order valence-corrected chi connectivity index (χ2v) is 3.13. The molecule has 16 heavy (non-hydrogen) atoms. The lowest BCUT2D eigenvalue weighted by molar-refractivity contribution is 0.204. The van der Waals surface area contributed by atoms with Crippen molar-refractivity contribution in [2.75, 3.05) is 0 Å². The fourth-order valence-electron chi connectivity index (χ4n) is 1.21. The number of nitrogens with one attached hydrogen (secondary N) is 1. The number of rotatable bonds is 4. The molecule has 3 heteroatoms. The molecule has 0 atom stereocenters. The molecule has 1 amide bonds. The first kappa shape index (κ1) is 12.0. The van der Waals surface area contributed by atoms with Gasteiger partial charge < -0.3 is 4.74 Å². The highest BCUT2D eigenvalue weighted by Gasteiger charge is 2.05. The highest BCUT2D eigenvalue weighted by Crippen LogP contribution is 2.18. The molecule has 0 spiro atoms. The van der Waals surface area contributed by atoms with E-state index in [1.807, 2.05) is 25.1 Å². The van der Waals surface area contributed by atoms with Crippen LogP contribution < -0.4 is 10.1 Å². The summed E-state index contributed by atoms with van der Waals surface area (Å²) >= 11 is 0. The third-order valence-corrected chi connectivity index (χ3v) is 1.91. The molecule has 3 nitrogen and oxygen atoms in total. The van der Waals surface area contributed by atoms with Gasteiger partial charge in [-0.25, -0.2) is 4.79 Å². The predicted octanol–water partition coefficient (Wildman–Crippen LogP) is 3.04. The normalized spacial score (nSPS) is 10.1. The summed E-state index contributed by atoms with van der Waals surface area (Å²) in [7, 11) is 0. The summed E-state index contributed by atoms with van der Waals surface area (Å²) in [5, 5.41) is 2.48. The summed E-state index contributed by atoms with van der Waals surface area (Å²) in [6.07, 6.45) is 5.20. The minimum Gasteiger partial charge on any atom is -0.410 e. The van der Waals surface area contributed by atoms with Gasteiger partial charge in [-0.05, 0) is 25.0 Å². The maximum atomic E-state index is 11.3. The lowest BCUT2D eigenvalue weighted by atomic mass is 10.1. The largest absolute Gasteiger partial charge is 0.416 e. The fourth-order valence-corrected chi connectivity index (χ4v) is 1.21. The van der Waals surface area contributed by atoms with Gasteiger partial charge in [0.05, 0.1) is 0 Å². The Bertz CT molecular complexity index is 397. The Hall–Kier alpha value is -2.03. The van der Waals surface area contributed by atoms with Crippen LogP contribution >= 0.6 is 0 Å². The van der Waals surface area contributed by atoms with Crippen molar-refractivity contribution >= 4 is 6.09 Å². The topological polar surface area (TPSA) is 38.3 Å². The number of para-hydroxylation sites is 1. The van der Waals surface area contributed by atoms with Crippen LogP contribution in [0.4, 0.5) is 4.79 Å². The highest BCUT2D eigenvalue weighted by molar-refractivity contribution is 5.71. The van der Waals surface area contributed by atoms with E-state index < -0.39 is 6.09 Å². The van der Waals surface area contributed by atoms with Crippen LogP contribution in [-0.2, 0) is 6.42 Å². The molecule has 0 radical (unpaired) electrons. The highest BCUT2D eigenvalue weighted by atomic mass is 16.6. The van der Waals surface area contributed by atoms with Crippen molar-refractivity contribution in [3.8, 4) is 5.75 Å². The zero-order chi connectivity index (χ0) is 11.8. The number of amides is 1. The summed E-state index contributed by atoms with van der Waals surface area (Å²) in [6, 6.07) is 7.38. The quantitative estimate of drug-likeness (QED) is 0.787. The van der Waals surface area contributed by atoms with Gasteiger partial charge >= 0.3 is 6.09 Å². The Labute approximate surface area is 95.4 Å². The van der Waals surface area contributed by atoms with Crippen LogP contribution in [0, 0.1) is 0 Å². The monoisotopic (exact) mass is 217 g/mol. The summed E-state index contributed by atoms with van der Waals surface area (Å²) < 4.78 is 5.15. The second kappa shape index (κ2) is 6.45. The molecule has 1 N–H and O–H groups in total. The van der Waals surface area contributed by atoms with E-state index in [4.69, 9.17) is 4.74 Å². The van der Waals surface area contributed by atoms with Crippen molar-refractivity contribution in [3.05, 3.63) is 54.8 Å². The van der Waals surface area contributed by atoms with Gasteiger partial charge in [-0.15, -0.1) is 6.58 Å². The molecule has 0 aliphatic rings. The Morgan fingerprint density at radius 1 is 1.50 bits per heavy atom. The SMILES string of the molecule is C=CCc1ccccc1OC(=O)NC=CC. The third kappa shape index (κ3) is 3.61. The van der Waals surface area contributed by atoms with Gasteiger partial charge in [-0.2, -0.15) is 0 Å². The predicted molar refractivity (Wildman–Crippen MR) is 64.3 cm³/mol. The second-order valence-electron chi connectivity index (χ2n) is 3.13. The minimum absolute atomic E-state index is 0.491. The van der Waals surface area contributed by atoms with Gasteiger partial charge in [0.15, 0.2) is 0 Å². The van der Waals surface area contributed by atoms with Crippen LogP contribution in [0.5, 0.6) is 5.75 Å². The summed E-state index contributed by atoms with van der Waals surface area (Å²) in [5.74, 6) is 0.560. The molecule has 0 saturated carbocycles. The molecule has 0 aliphatic heterocycles. The molecule has 0 heterocycles. The summed E-state index contributed by atoms with van der Waals surface area (Å²) in [4.78, 5) is 11.3. The van der Waals surface area contributed by atoms with Crippen molar-refractivity contribution in [3.63, 3.8) is 0 Å². The zero-order valence-electron chi connectivity index (χ0n) is 9.27. The van der Waals surface area contributed by atoms with Crippen LogP contribution in [0.2, 0.25) is 0 Å². The van der Waals surface area contributed by atoms with E-state index in [0.29, 0.717) is 12.2 Å². The number of hydrogen-bond donors (Lipinski definition) is 1. The van der Waals surface area contributed by atoms with Gasteiger partial charge in [0, 0.05) is 6.20 Å². The Kier molecular flexibility index (Phi) is 4.86. The van der Waals surface area contributed by atoms with Crippen LogP contribution in [-0.4, -0.2) is 6.09 Å². The van der Waals surface area contributed by atoms with E-state index in [0.717, 1.165) is 5.56 Å². The van der Waals surface area contributed by atoms with Gasteiger partial charge in [0.25, 0.3) is 0 Å². The first-order valence-electron chi connectivity index (χ1n) is 5.06. The average Bonchev–Trinajstić information content (AvgIpc) is 2.29. The molecule has 84 valence electrons. The van der Waals surface area contributed by atoms with Gasteiger partial charge in [-0.3, -0.25) is 5.32 Å². The van der Waals surface area contributed by atoms with Gasteiger partial charge in [0.1, 0.15) is 5.75 Å².